The van der Waals surface area contributed by atoms with E-state index in [2.05, 4.69) is 19.1 Å². The van der Waals surface area contributed by atoms with E-state index in [0.29, 0.717) is 32.5 Å². The molecule has 4 aliphatic heterocycles. The van der Waals surface area contributed by atoms with E-state index in [1.54, 1.807) is 21.6 Å². The van der Waals surface area contributed by atoms with E-state index in [4.69, 9.17) is 0 Å². The predicted octanol–water partition coefficient (Wildman–Crippen LogP) is 3.25. The molecule has 0 saturated carbocycles. The molecular weight excluding hydrogens is 486 g/mol. The Balaban J connectivity index is 1.59. The Kier molecular flexibility index (Phi) is 7.00. The van der Waals surface area contributed by atoms with E-state index >= 15 is 0 Å². The number of benzene rings is 1. The van der Waals surface area contributed by atoms with Gasteiger partial charge in [-0.05, 0) is 52.2 Å². The van der Waals surface area contributed by atoms with Crippen LogP contribution in [0.3, 0.4) is 0 Å². The van der Waals surface area contributed by atoms with Crippen molar-refractivity contribution in [2.24, 2.45) is 11.8 Å². The van der Waals surface area contributed by atoms with E-state index < -0.39 is 27.4 Å². The number of unbranched alkanes of at least 4 members (excludes halogenated alkanes) is 2. The topological polar surface area (TPSA) is 81.2 Å². The van der Waals surface area contributed by atoms with Crippen molar-refractivity contribution in [1.82, 2.24) is 9.80 Å². The first-order valence-corrected chi connectivity index (χ1v) is 14.2. The third kappa shape index (κ3) is 4.13. The molecule has 2 saturated heterocycles. The molecule has 1 aromatic rings. The summed E-state index contributed by atoms with van der Waals surface area (Å²) in [5, 5.41) is 9.23. The number of hydrogen-bond donors (Lipinski definition) is 1. The zero-order valence-electron chi connectivity index (χ0n) is 21.9. The zero-order valence-corrected chi connectivity index (χ0v) is 22.7. The number of anilines is 1. The third-order valence-corrected chi connectivity index (χ3v) is 10.1. The van der Waals surface area contributed by atoms with Crippen molar-refractivity contribution < 1.29 is 19.5 Å². The van der Waals surface area contributed by atoms with Gasteiger partial charge in [0.2, 0.25) is 17.7 Å². The molecule has 37 heavy (non-hydrogen) atoms. The van der Waals surface area contributed by atoms with Crippen LogP contribution in [-0.4, -0.2) is 80.4 Å². The SMILES string of the molecule is CC(C)N1CC=C[C@]23S[C@@]4(C)C=CCN(c5ccccc5)C(=O)[C@H]4[C@H]2C(=O)N(CCCCCO)C3C1=O. The van der Waals surface area contributed by atoms with Crippen molar-refractivity contribution in [2.45, 2.75) is 61.6 Å². The molecule has 0 aromatic heterocycles. The van der Waals surface area contributed by atoms with Crippen molar-refractivity contribution in [1.29, 1.82) is 0 Å². The standard InChI is InChI=1S/C29H37N3O4S/c1-20(2)30-17-11-15-29-23(26(35)32(24(29)27(30)36)16-8-5-9-19-33)22-25(34)31(21-12-6-4-7-13-21)18-10-14-28(22,3)37-29/h4,6-7,10-15,20,22-24,33H,5,8-9,16-19H2,1-3H3/t22-,23+,24?,28+,29+/m1/s1. The molecule has 5 rings (SSSR count). The van der Waals surface area contributed by atoms with Crippen LogP contribution in [0.15, 0.2) is 54.6 Å². The number of carbonyl (C=O) groups excluding carboxylic acids is 3. The van der Waals surface area contributed by atoms with Crippen molar-refractivity contribution in [2.75, 3.05) is 31.1 Å². The van der Waals surface area contributed by atoms with Crippen LogP contribution < -0.4 is 4.90 Å². The van der Waals surface area contributed by atoms with Crippen LogP contribution in [0, 0.1) is 11.8 Å². The average Bonchev–Trinajstić information content (AvgIpc) is 3.13. The number of amides is 3. The summed E-state index contributed by atoms with van der Waals surface area (Å²) in [6.07, 6.45) is 10.4. The molecule has 8 heteroatoms. The second kappa shape index (κ2) is 9.95. The summed E-state index contributed by atoms with van der Waals surface area (Å²) in [5.74, 6) is -1.42. The van der Waals surface area contributed by atoms with Gasteiger partial charge in [0.15, 0.2) is 0 Å². The van der Waals surface area contributed by atoms with Gasteiger partial charge in [0.25, 0.3) is 0 Å². The van der Waals surface area contributed by atoms with E-state index in [1.807, 2.05) is 61.2 Å². The van der Waals surface area contributed by atoms with Gasteiger partial charge < -0.3 is 19.8 Å². The highest BCUT2D eigenvalue weighted by atomic mass is 32.2. The quantitative estimate of drug-likeness (QED) is 0.438. The number of nitrogens with zero attached hydrogens (tertiary/aromatic N) is 3. The number of thioether (sulfide) groups is 1. The Morgan fingerprint density at radius 1 is 0.946 bits per heavy atom. The lowest BCUT2D eigenvalue weighted by Gasteiger charge is -2.37. The van der Waals surface area contributed by atoms with Crippen LogP contribution in [0.1, 0.15) is 40.0 Å². The first kappa shape index (κ1) is 26.0. The van der Waals surface area contributed by atoms with Gasteiger partial charge in [-0.15, -0.1) is 11.8 Å². The number of rotatable bonds is 7. The highest BCUT2D eigenvalue weighted by Gasteiger charge is 2.73. The molecule has 3 amide bonds. The van der Waals surface area contributed by atoms with Crippen LogP contribution >= 0.6 is 11.8 Å². The van der Waals surface area contributed by atoms with Crippen molar-refractivity contribution >= 4 is 35.2 Å². The van der Waals surface area contributed by atoms with Gasteiger partial charge in [-0.2, -0.15) is 0 Å². The first-order valence-electron chi connectivity index (χ1n) is 13.4. The number of likely N-dealkylation sites (tertiary alicyclic amines) is 1. The highest BCUT2D eigenvalue weighted by molar-refractivity contribution is 8.02. The molecule has 198 valence electrons. The lowest BCUT2D eigenvalue weighted by molar-refractivity contribution is -0.143. The Bertz CT molecular complexity index is 1120. The molecule has 4 heterocycles. The fraction of sp³-hybridized carbons (Fsp3) is 0.552. The number of hydrogen-bond acceptors (Lipinski definition) is 5. The van der Waals surface area contributed by atoms with E-state index in [9.17, 15) is 19.5 Å². The summed E-state index contributed by atoms with van der Waals surface area (Å²) < 4.78 is -1.42. The fourth-order valence-corrected chi connectivity index (χ4v) is 8.81. The summed E-state index contributed by atoms with van der Waals surface area (Å²) in [6, 6.07) is 8.96. The van der Waals surface area contributed by atoms with Gasteiger partial charge in [0, 0.05) is 42.7 Å². The Morgan fingerprint density at radius 3 is 2.38 bits per heavy atom. The minimum Gasteiger partial charge on any atom is -0.396 e. The van der Waals surface area contributed by atoms with Gasteiger partial charge in [0.05, 0.1) is 16.6 Å². The molecular formula is C29H37N3O4S. The number of aliphatic hydroxyl groups is 1. The second-order valence-corrected chi connectivity index (χ2v) is 12.8. The van der Waals surface area contributed by atoms with Gasteiger partial charge in [-0.25, -0.2) is 0 Å². The Hall–Kier alpha value is -2.58. The van der Waals surface area contributed by atoms with Gasteiger partial charge >= 0.3 is 0 Å². The van der Waals surface area contributed by atoms with Gasteiger partial charge in [-0.1, -0.05) is 42.5 Å². The molecule has 1 spiro atoms. The van der Waals surface area contributed by atoms with Crippen molar-refractivity contribution in [3.63, 3.8) is 0 Å². The Labute approximate surface area is 223 Å². The maximum atomic E-state index is 14.3. The molecule has 7 nitrogen and oxygen atoms in total. The minimum atomic E-state index is -0.812. The lowest BCUT2D eigenvalue weighted by Crippen LogP contribution is -2.54. The van der Waals surface area contributed by atoms with E-state index in [1.165, 1.54) is 0 Å². The van der Waals surface area contributed by atoms with Crippen molar-refractivity contribution in [3.8, 4) is 0 Å². The van der Waals surface area contributed by atoms with E-state index in [0.717, 1.165) is 12.1 Å². The lowest BCUT2D eigenvalue weighted by atomic mass is 9.74. The second-order valence-electron chi connectivity index (χ2n) is 11.0. The van der Waals surface area contributed by atoms with Crippen LogP contribution in [0.5, 0.6) is 0 Å². The van der Waals surface area contributed by atoms with E-state index in [-0.39, 0.29) is 30.4 Å². The molecule has 0 radical (unpaired) electrons. The van der Waals surface area contributed by atoms with Gasteiger partial charge in [0.1, 0.15) is 6.04 Å². The zero-order chi connectivity index (χ0) is 26.4. The summed E-state index contributed by atoms with van der Waals surface area (Å²) >= 11 is 1.62. The maximum Gasteiger partial charge on any atom is 0.247 e. The molecule has 1 N–H and O–H groups in total. The average molecular weight is 524 g/mol. The van der Waals surface area contributed by atoms with Gasteiger partial charge in [-0.3, -0.25) is 14.4 Å². The molecule has 5 atom stereocenters. The monoisotopic (exact) mass is 523 g/mol. The number of aliphatic hydroxyl groups excluding tert-OH is 1. The number of carbonyl (C=O) groups is 3. The van der Waals surface area contributed by atoms with Crippen LogP contribution in [0.25, 0.3) is 0 Å². The fourth-order valence-electron chi connectivity index (χ4n) is 6.65. The summed E-state index contributed by atoms with van der Waals surface area (Å²) in [7, 11) is 0. The smallest absolute Gasteiger partial charge is 0.247 e. The highest BCUT2D eigenvalue weighted by Crippen LogP contribution is 2.65. The van der Waals surface area contributed by atoms with Crippen LogP contribution in [-0.2, 0) is 14.4 Å². The molecule has 1 aromatic carbocycles. The third-order valence-electron chi connectivity index (χ3n) is 8.34. The number of para-hydroxylation sites is 1. The number of fused-ring (bicyclic) bond motifs is 2. The molecule has 2 fully saturated rings. The minimum absolute atomic E-state index is 0.000239. The summed E-state index contributed by atoms with van der Waals surface area (Å²) in [6.45, 7) is 7.56. The predicted molar refractivity (Wildman–Crippen MR) is 146 cm³/mol. The normalized spacial score (nSPS) is 33.1. The molecule has 4 aliphatic rings. The molecule has 1 unspecified atom stereocenters. The summed E-state index contributed by atoms with van der Waals surface area (Å²) in [4.78, 5) is 48.1. The first-order chi connectivity index (χ1) is 17.7. The van der Waals surface area contributed by atoms with Crippen LogP contribution in [0.4, 0.5) is 5.69 Å². The summed E-state index contributed by atoms with van der Waals surface area (Å²) in [5.41, 5.74) is 0.814. The van der Waals surface area contributed by atoms with Crippen molar-refractivity contribution in [3.05, 3.63) is 54.6 Å². The molecule has 0 aliphatic carbocycles. The largest absolute Gasteiger partial charge is 0.396 e. The maximum absolute atomic E-state index is 14.3. The molecule has 0 bridgehead atoms. The Morgan fingerprint density at radius 2 is 1.68 bits per heavy atom. The van der Waals surface area contributed by atoms with Crippen LogP contribution in [0.2, 0.25) is 0 Å².